The maximum absolute atomic E-state index is 13.1. The van der Waals surface area contributed by atoms with Crippen LogP contribution in [0.1, 0.15) is 0 Å². The molecule has 0 bridgehead atoms. The van der Waals surface area contributed by atoms with Crippen LogP contribution in [-0.4, -0.2) is 0 Å². The van der Waals surface area contributed by atoms with E-state index in [0.717, 1.165) is 0 Å². The van der Waals surface area contributed by atoms with Crippen molar-refractivity contribution in [2.75, 3.05) is 11.1 Å². The van der Waals surface area contributed by atoms with Crippen molar-refractivity contribution >= 4 is 56.2 Å². The summed E-state index contributed by atoms with van der Waals surface area (Å²) in [6.45, 7) is 0. The van der Waals surface area contributed by atoms with Crippen LogP contribution in [0.4, 0.5) is 21.5 Å². The van der Waals surface area contributed by atoms with Crippen LogP contribution in [0.25, 0.3) is 0 Å². The third-order valence-corrected chi connectivity index (χ3v) is 4.09. The molecule has 2 aromatic rings. The minimum atomic E-state index is -0.383. The van der Waals surface area contributed by atoms with E-state index in [4.69, 9.17) is 28.9 Å². The first-order valence-corrected chi connectivity index (χ1v) is 6.49. The molecular formula is C12H8BrCl2FN2. The van der Waals surface area contributed by atoms with Gasteiger partial charge in [-0.15, -0.1) is 0 Å². The zero-order chi connectivity index (χ0) is 13.3. The Morgan fingerprint density at radius 1 is 1.06 bits per heavy atom. The lowest BCUT2D eigenvalue weighted by atomic mass is 10.2. The molecular weight excluding hydrogens is 342 g/mol. The van der Waals surface area contributed by atoms with E-state index in [1.165, 1.54) is 18.2 Å². The van der Waals surface area contributed by atoms with Gasteiger partial charge in [0.15, 0.2) is 0 Å². The van der Waals surface area contributed by atoms with Crippen LogP contribution in [-0.2, 0) is 0 Å². The van der Waals surface area contributed by atoms with E-state index in [1.807, 2.05) is 0 Å². The number of nitrogen functional groups attached to an aromatic ring is 1. The van der Waals surface area contributed by atoms with Crippen molar-refractivity contribution in [1.82, 2.24) is 0 Å². The fourth-order valence-corrected chi connectivity index (χ4v) is 2.23. The molecule has 3 N–H and O–H groups in total. The third kappa shape index (κ3) is 2.71. The Balaban J connectivity index is 2.40. The number of benzene rings is 2. The summed E-state index contributed by atoms with van der Waals surface area (Å²) >= 11 is 15.3. The lowest BCUT2D eigenvalue weighted by Crippen LogP contribution is -1.97. The van der Waals surface area contributed by atoms with Crippen LogP contribution in [0.3, 0.4) is 0 Å². The van der Waals surface area contributed by atoms with Gasteiger partial charge in [0.05, 0.1) is 27.1 Å². The van der Waals surface area contributed by atoms with Gasteiger partial charge in [-0.25, -0.2) is 4.39 Å². The molecule has 94 valence electrons. The van der Waals surface area contributed by atoms with Crippen molar-refractivity contribution in [3.05, 3.63) is 50.7 Å². The Bertz CT molecular complexity index is 605. The van der Waals surface area contributed by atoms with E-state index in [2.05, 4.69) is 21.2 Å². The van der Waals surface area contributed by atoms with E-state index in [0.29, 0.717) is 31.6 Å². The number of nitrogens with two attached hydrogens (primary N) is 1. The molecule has 0 radical (unpaired) electrons. The van der Waals surface area contributed by atoms with Crippen molar-refractivity contribution in [3.8, 4) is 0 Å². The van der Waals surface area contributed by atoms with Crippen LogP contribution < -0.4 is 11.1 Å². The molecule has 0 saturated carbocycles. The molecule has 0 atom stereocenters. The number of hydrogen-bond acceptors (Lipinski definition) is 2. The smallest absolute Gasteiger partial charge is 0.125 e. The Labute approximate surface area is 122 Å². The average molecular weight is 350 g/mol. The fourth-order valence-electron chi connectivity index (χ4n) is 1.40. The molecule has 2 rings (SSSR count). The monoisotopic (exact) mass is 348 g/mol. The molecule has 0 aromatic heterocycles. The first-order valence-electron chi connectivity index (χ1n) is 4.94. The summed E-state index contributed by atoms with van der Waals surface area (Å²) in [6, 6.07) is 7.53. The minimum absolute atomic E-state index is 0.342. The van der Waals surface area contributed by atoms with Crippen molar-refractivity contribution in [1.29, 1.82) is 0 Å². The average Bonchev–Trinajstić information content (AvgIpc) is 2.34. The Morgan fingerprint density at radius 2 is 1.78 bits per heavy atom. The maximum Gasteiger partial charge on any atom is 0.125 e. The van der Waals surface area contributed by atoms with Gasteiger partial charge in [0.25, 0.3) is 0 Å². The Morgan fingerprint density at radius 3 is 2.50 bits per heavy atom. The summed E-state index contributed by atoms with van der Waals surface area (Å²) in [5.41, 5.74) is 7.16. The molecule has 0 unspecified atom stereocenters. The topological polar surface area (TPSA) is 38.0 Å². The molecule has 0 aliphatic heterocycles. The van der Waals surface area contributed by atoms with Gasteiger partial charge >= 0.3 is 0 Å². The quantitative estimate of drug-likeness (QED) is 0.576. The molecule has 0 spiro atoms. The predicted octanol–water partition coefficient (Wildman–Crippen LogP) is 5.22. The molecule has 0 aliphatic rings. The SMILES string of the molecule is Nc1ccc(F)cc1Nc1ccc(Br)c(Cl)c1Cl. The molecule has 0 saturated heterocycles. The van der Waals surface area contributed by atoms with Crippen LogP contribution >= 0.6 is 39.1 Å². The highest BCUT2D eigenvalue weighted by atomic mass is 79.9. The van der Waals surface area contributed by atoms with E-state index >= 15 is 0 Å². The number of nitrogens with one attached hydrogen (secondary N) is 1. The van der Waals surface area contributed by atoms with Crippen molar-refractivity contribution in [2.24, 2.45) is 0 Å². The maximum atomic E-state index is 13.1. The van der Waals surface area contributed by atoms with Crippen LogP contribution in [0.15, 0.2) is 34.8 Å². The Hall–Kier alpha value is -0.970. The number of rotatable bonds is 2. The number of anilines is 3. The van der Waals surface area contributed by atoms with Crippen LogP contribution in [0.2, 0.25) is 10.0 Å². The number of hydrogen-bond donors (Lipinski definition) is 2. The second-order valence-corrected chi connectivity index (χ2v) is 5.19. The van der Waals surface area contributed by atoms with Gasteiger partial charge < -0.3 is 11.1 Å². The van der Waals surface area contributed by atoms with Crippen LogP contribution in [0.5, 0.6) is 0 Å². The highest BCUT2D eigenvalue weighted by molar-refractivity contribution is 9.10. The van der Waals surface area contributed by atoms with Gasteiger partial charge in [-0.2, -0.15) is 0 Å². The minimum Gasteiger partial charge on any atom is -0.397 e. The van der Waals surface area contributed by atoms with E-state index in [1.54, 1.807) is 12.1 Å². The molecule has 2 aromatic carbocycles. The van der Waals surface area contributed by atoms with Crippen molar-refractivity contribution in [3.63, 3.8) is 0 Å². The molecule has 18 heavy (non-hydrogen) atoms. The van der Waals surface area contributed by atoms with E-state index in [-0.39, 0.29) is 5.82 Å². The molecule has 0 amide bonds. The molecule has 0 aliphatic carbocycles. The van der Waals surface area contributed by atoms with Gasteiger partial charge in [0.2, 0.25) is 0 Å². The third-order valence-electron chi connectivity index (χ3n) is 2.32. The van der Waals surface area contributed by atoms with Gasteiger partial charge in [0.1, 0.15) is 5.82 Å². The van der Waals surface area contributed by atoms with Gasteiger partial charge in [-0.05, 0) is 46.3 Å². The summed E-state index contributed by atoms with van der Waals surface area (Å²) in [4.78, 5) is 0. The summed E-state index contributed by atoms with van der Waals surface area (Å²) in [7, 11) is 0. The van der Waals surface area contributed by atoms with Crippen molar-refractivity contribution < 1.29 is 4.39 Å². The molecule has 6 heteroatoms. The Kier molecular flexibility index (Phi) is 4.00. The summed E-state index contributed by atoms with van der Waals surface area (Å²) < 4.78 is 13.8. The van der Waals surface area contributed by atoms with E-state index in [9.17, 15) is 4.39 Å². The predicted molar refractivity (Wildman–Crippen MR) is 78.3 cm³/mol. The first kappa shape index (κ1) is 13.5. The molecule has 0 fully saturated rings. The van der Waals surface area contributed by atoms with Gasteiger partial charge in [-0.3, -0.25) is 0 Å². The highest BCUT2D eigenvalue weighted by Crippen LogP contribution is 2.37. The lowest BCUT2D eigenvalue weighted by molar-refractivity contribution is 0.628. The zero-order valence-electron chi connectivity index (χ0n) is 8.98. The standard InChI is InChI=1S/C12H8BrCl2FN2/c13-7-2-4-9(12(15)11(7)14)18-10-5-6(16)1-3-8(10)17/h1-5,18H,17H2. The normalized spacial score (nSPS) is 10.4. The molecule has 2 nitrogen and oxygen atoms in total. The highest BCUT2D eigenvalue weighted by Gasteiger charge is 2.10. The first-order chi connectivity index (χ1) is 8.49. The van der Waals surface area contributed by atoms with Gasteiger partial charge in [-0.1, -0.05) is 23.2 Å². The largest absolute Gasteiger partial charge is 0.397 e. The second-order valence-electron chi connectivity index (χ2n) is 3.58. The fraction of sp³-hybridized carbons (Fsp3) is 0. The lowest BCUT2D eigenvalue weighted by Gasteiger charge is -2.12. The molecule has 0 heterocycles. The zero-order valence-corrected chi connectivity index (χ0v) is 12.1. The summed E-state index contributed by atoms with van der Waals surface area (Å²) in [5.74, 6) is -0.383. The summed E-state index contributed by atoms with van der Waals surface area (Å²) in [6.07, 6.45) is 0. The summed E-state index contributed by atoms with van der Waals surface area (Å²) in [5, 5.41) is 3.68. The number of halogens is 4. The van der Waals surface area contributed by atoms with Crippen LogP contribution in [0, 0.1) is 5.82 Å². The van der Waals surface area contributed by atoms with Gasteiger partial charge in [0, 0.05) is 4.47 Å². The second kappa shape index (κ2) is 5.34. The van der Waals surface area contributed by atoms with E-state index < -0.39 is 0 Å². The van der Waals surface area contributed by atoms with Crippen molar-refractivity contribution in [2.45, 2.75) is 0 Å².